The predicted molar refractivity (Wildman–Crippen MR) is 118 cm³/mol. The fraction of sp³-hybridized carbons (Fsp3) is 0.200. The molecule has 3 aromatic rings. The Labute approximate surface area is 181 Å². The summed E-state index contributed by atoms with van der Waals surface area (Å²) >= 11 is 5.92. The largest absolute Gasteiger partial charge is 0.347 e. The molecule has 1 unspecified atom stereocenters. The van der Waals surface area contributed by atoms with E-state index in [2.05, 4.69) is 22.8 Å². The van der Waals surface area contributed by atoms with Crippen LogP contribution in [0.5, 0.6) is 0 Å². The summed E-state index contributed by atoms with van der Waals surface area (Å²) in [5, 5.41) is 6.61. The summed E-state index contributed by atoms with van der Waals surface area (Å²) in [6, 6.07) is 23.8. The van der Waals surface area contributed by atoms with Crippen LogP contribution in [0.25, 0.3) is 0 Å². The molecular formula is C25H23ClN2O2. The highest BCUT2D eigenvalue weighted by Gasteiger charge is 2.28. The van der Waals surface area contributed by atoms with Crippen LogP contribution in [-0.4, -0.2) is 17.9 Å². The third-order valence-corrected chi connectivity index (χ3v) is 5.71. The van der Waals surface area contributed by atoms with Crippen molar-refractivity contribution in [2.75, 3.05) is 0 Å². The molecule has 2 N–H and O–H groups in total. The first-order valence-corrected chi connectivity index (χ1v) is 10.5. The number of benzene rings is 3. The first-order valence-electron chi connectivity index (χ1n) is 10.1. The lowest BCUT2D eigenvalue weighted by molar-refractivity contribution is -0.123. The number of amides is 2. The molecule has 0 saturated heterocycles. The summed E-state index contributed by atoms with van der Waals surface area (Å²) in [6.07, 6.45) is 2.23. The molecule has 0 heterocycles. The maximum atomic E-state index is 13.2. The molecule has 0 saturated carbocycles. The average molecular weight is 419 g/mol. The van der Waals surface area contributed by atoms with Gasteiger partial charge in [0.1, 0.15) is 6.04 Å². The second kappa shape index (κ2) is 9.14. The van der Waals surface area contributed by atoms with Crippen LogP contribution in [0.4, 0.5) is 0 Å². The van der Waals surface area contributed by atoms with Gasteiger partial charge in [0.25, 0.3) is 5.91 Å². The van der Waals surface area contributed by atoms with Crippen molar-refractivity contribution in [2.45, 2.75) is 31.3 Å². The molecule has 4 nitrogen and oxygen atoms in total. The molecule has 1 aliphatic carbocycles. The fourth-order valence-corrected chi connectivity index (χ4v) is 4.01. The van der Waals surface area contributed by atoms with Gasteiger partial charge in [0, 0.05) is 17.0 Å². The van der Waals surface area contributed by atoms with Crippen LogP contribution in [0.1, 0.15) is 39.5 Å². The Kier molecular flexibility index (Phi) is 6.15. The Morgan fingerprint density at radius 3 is 2.40 bits per heavy atom. The lowest BCUT2D eigenvalue weighted by Crippen LogP contribution is -2.48. The van der Waals surface area contributed by atoms with Gasteiger partial charge in [-0.1, -0.05) is 66.2 Å². The van der Waals surface area contributed by atoms with E-state index < -0.39 is 6.04 Å². The van der Waals surface area contributed by atoms with E-state index in [1.54, 1.807) is 24.3 Å². The van der Waals surface area contributed by atoms with Gasteiger partial charge in [0.2, 0.25) is 5.91 Å². The number of nitrogens with one attached hydrogen (secondary N) is 2. The molecule has 0 radical (unpaired) electrons. The molecule has 0 fully saturated rings. The summed E-state index contributed by atoms with van der Waals surface area (Å²) in [5.41, 5.74) is 3.89. The molecule has 2 atom stereocenters. The van der Waals surface area contributed by atoms with Crippen molar-refractivity contribution >= 4 is 23.4 Å². The van der Waals surface area contributed by atoms with E-state index in [1.807, 2.05) is 42.5 Å². The molecule has 4 rings (SSSR count). The van der Waals surface area contributed by atoms with Crippen LogP contribution < -0.4 is 10.6 Å². The second-order valence-electron chi connectivity index (χ2n) is 7.52. The SMILES string of the molecule is O=C(N[C@@H](Cc1ccccc1)C(=O)NC1CCc2ccccc21)c1ccc(Cl)cc1. The number of fused-ring (bicyclic) bond motifs is 1. The predicted octanol–water partition coefficient (Wildman–Crippen LogP) is 4.48. The zero-order chi connectivity index (χ0) is 20.9. The molecule has 0 spiro atoms. The van der Waals surface area contributed by atoms with Gasteiger partial charge in [-0.3, -0.25) is 9.59 Å². The fourth-order valence-electron chi connectivity index (χ4n) is 3.88. The molecule has 30 heavy (non-hydrogen) atoms. The van der Waals surface area contributed by atoms with Crippen molar-refractivity contribution in [3.8, 4) is 0 Å². The molecule has 0 aromatic heterocycles. The van der Waals surface area contributed by atoms with E-state index in [0.29, 0.717) is 17.0 Å². The summed E-state index contributed by atoms with van der Waals surface area (Å²) < 4.78 is 0. The van der Waals surface area contributed by atoms with Gasteiger partial charge in [-0.05, 0) is 53.8 Å². The smallest absolute Gasteiger partial charge is 0.251 e. The van der Waals surface area contributed by atoms with E-state index in [-0.39, 0.29) is 17.9 Å². The van der Waals surface area contributed by atoms with Crippen molar-refractivity contribution in [2.24, 2.45) is 0 Å². The molecule has 0 bridgehead atoms. The highest BCUT2D eigenvalue weighted by Crippen LogP contribution is 2.30. The number of hydrogen-bond donors (Lipinski definition) is 2. The monoisotopic (exact) mass is 418 g/mol. The molecule has 0 aliphatic heterocycles. The lowest BCUT2D eigenvalue weighted by atomic mass is 10.0. The highest BCUT2D eigenvalue weighted by atomic mass is 35.5. The van der Waals surface area contributed by atoms with Crippen LogP contribution in [0.3, 0.4) is 0 Å². The maximum absolute atomic E-state index is 13.2. The Morgan fingerprint density at radius 1 is 0.933 bits per heavy atom. The van der Waals surface area contributed by atoms with Gasteiger partial charge < -0.3 is 10.6 Å². The normalized spacial score (nSPS) is 15.8. The topological polar surface area (TPSA) is 58.2 Å². The van der Waals surface area contributed by atoms with E-state index in [0.717, 1.165) is 24.0 Å². The number of carbonyl (C=O) groups is 2. The second-order valence-corrected chi connectivity index (χ2v) is 7.96. The summed E-state index contributed by atoms with van der Waals surface area (Å²) in [6.45, 7) is 0. The number of hydrogen-bond acceptors (Lipinski definition) is 2. The lowest BCUT2D eigenvalue weighted by Gasteiger charge is -2.22. The van der Waals surface area contributed by atoms with Gasteiger partial charge in [0.15, 0.2) is 0 Å². The van der Waals surface area contributed by atoms with Crippen LogP contribution in [0.2, 0.25) is 5.02 Å². The van der Waals surface area contributed by atoms with Crippen molar-refractivity contribution in [1.82, 2.24) is 10.6 Å². The highest BCUT2D eigenvalue weighted by molar-refractivity contribution is 6.30. The standard InChI is InChI=1S/C25H23ClN2O2/c26-20-13-10-19(11-14-20)24(29)28-23(16-17-6-2-1-3-7-17)25(30)27-22-15-12-18-8-4-5-9-21(18)22/h1-11,13-14,22-23H,12,15-16H2,(H,27,30)(H,28,29)/t22?,23-/m0/s1. The van der Waals surface area contributed by atoms with Crippen molar-refractivity contribution in [3.05, 3.63) is 106 Å². The Morgan fingerprint density at radius 2 is 1.63 bits per heavy atom. The third kappa shape index (κ3) is 4.71. The van der Waals surface area contributed by atoms with E-state index >= 15 is 0 Å². The van der Waals surface area contributed by atoms with Crippen LogP contribution >= 0.6 is 11.6 Å². The molecule has 1 aliphatic rings. The zero-order valence-electron chi connectivity index (χ0n) is 16.5. The van der Waals surface area contributed by atoms with Crippen LogP contribution in [0.15, 0.2) is 78.9 Å². The number of aryl methyl sites for hydroxylation is 1. The summed E-state index contributed by atoms with van der Waals surface area (Å²) in [7, 11) is 0. The Hall–Kier alpha value is -3.11. The van der Waals surface area contributed by atoms with Gasteiger partial charge in [0.05, 0.1) is 6.04 Å². The molecule has 5 heteroatoms. The number of carbonyl (C=O) groups excluding carboxylic acids is 2. The molecule has 2 amide bonds. The number of rotatable bonds is 6. The van der Waals surface area contributed by atoms with Crippen molar-refractivity contribution < 1.29 is 9.59 Å². The van der Waals surface area contributed by atoms with Crippen LogP contribution in [-0.2, 0) is 17.6 Å². The van der Waals surface area contributed by atoms with Gasteiger partial charge in [-0.15, -0.1) is 0 Å². The maximum Gasteiger partial charge on any atom is 0.251 e. The Balaban J connectivity index is 1.51. The quantitative estimate of drug-likeness (QED) is 0.619. The minimum Gasteiger partial charge on any atom is -0.347 e. The van der Waals surface area contributed by atoms with Crippen molar-refractivity contribution in [3.63, 3.8) is 0 Å². The van der Waals surface area contributed by atoms with Gasteiger partial charge in [-0.25, -0.2) is 0 Å². The molecule has 152 valence electrons. The summed E-state index contributed by atoms with van der Waals surface area (Å²) in [4.78, 5) is 25.9. The van der Waals surface area contributed by atoms with Gasteiger partial charge >= 0.3 is 0 Å². The Bertz CT molecular complexity index is 1030. The average Bonchev–Trinajstić information content (AvgIpc) is 3.17. The van der Waals surface area contributed by atoms with E-state index in [4.69, 9.17) is 11.6 Å². The first-order chi connectivity index (χ1) is 14.6. The third-order valence-electron chi connectivity index (χ3n) is 5.46. The van der Waals surface area contributed by atoms with Crippen molar-refractivity contribution in [1.29, 1.82) is 0 Å². The van der Waals surface area contributed by atoms with Gasteiger partial charge in [-0.2, -0.15) is 0 Å². The summed E-state index contributed by atoms with van der Waals surface area (Å²) in [5.74, 6) is -0.475. The minimum absolute atomic E-state index is 0.0283. The first kappa shape index (κ1) is 20.2. The zero-order valence-corrected chi connectivity index (χ0v) is 17.2. The van der Waals surface area contributed by atoms with E-state index in [1.165, 1.54) is 5.56 Å². The van der Waals surface area contributed by atoms with E-state index in [9.17, 15) is 9.59 Å². The molecule has 3 aromatic carbocycles. The molecular weight excluding hydrogens is 396 g/mol. The number of halogens is 1. The van der Waals surface area contributed by atoms with Crippen LogP contribution in [0, 0.1) is 0 Å². The minimum atomic E-state index is -0.677.